The molecule has 0 aromatic heterocycles. The largest absolute Gasteiger partial charge is 1.00 e. The summed E-state index contributed by atoms with van der Waals surface area (Å²) in [4.78, 5) is -0.238. The molecule has 1 aromatic rings. The normalized spacial score (nSPS) is 10.7. The van der Waals surface area contributed by atoms with E-state index >= 15 is 0 Å². The van der Waals surface area contributed by atoms with Gasteiger partial charge in [0.2, 0.25) is 0 Å². The van der Waals surface area contributed by atoms with Crippen molar-refractivity contribution in [2.45, 2.75) is 4.90 Å². The second-order valence-electron chi connectivity index (χ2n) is 2.03. The van der Waals surface area contributed by atoms with Crippen LogP contribution in [0.3, 0.4) is 0 Å². The summed E-state index contributed by atoms with van der Waals surface area (Å²) in [6, 6.07) is 4.00. The molecule has 0 saturated heterocycles. The minimum atomic E-state index is -4.34. The van der Waals surface area contributed by atoms with Gasteiger partial charge in [-0.2, -0.15) is 0 Å². The fraction of sp³-hybridized carbons (Fsp3) is 0. The number of hydrogen-bond donors (Lipinski definition) is 0. The zero-order valence-electron chi connectivity index (χ0n) is 6.62. The molecule has 0 aliphatic rings. The average molecular weight is 322 g/mol. The van der Waals surface area contributed by atoms with Crippen molar-refractivity contribution in [1.29, 1.82) is 0 Å². The fourth-order valence-electron chi connectivity index (χ4n) is 0.632. The van der Waals surface area contributed by atoms with Gasteiger partial charge in [-0.1, -0.05) is 0 Å². The van der Waals surface area contributed by atoms with Crippen molar-refractivity contribution in [2.75, 3.05) is 0 Å². The Hall–Kier alpha value is 0.687. The summed E-state index contributed by atoms with van der Waals surface area (Å²) in [5.41, 5.74) is 0. The summed E-state index contributed by atoms with van der Waals surface area (Å²) >= 11 is 6.24. The van der Waals surface area contributed by atoms with E-state index in [-0.39, 0.29) is 23.8 Å². The zero-order chi connectivity index (χ0) is 9.35. The average Bonchev–Trinajstić information content (AvgIpc) is 1.92. The van der Waals surface area contributed by atoms with E-state index in [4.69, 9.17) is 0 Å². The van der Waals surface area contributed by atoms with Crippen LogP contribution in [0.2, 0.25) is 0 Å². The molecule has 0 atom stereocenters. The van der Waals surface area contributed by atoms with Gasteiger partial charge in [-0.15, -0.1) is 0 Å². The van der Waals surface area contributed by atoms with Gasteiger partial charge in [-0.3, -0.25) is 0 Å². The Bertz CT molecular complexity index is 404. The van der Waals surface area contributed by atoms with Crippen LogP contribution in [0.4, 0.5) is 0 Å². The van der Waals surface area contributed by atoms with Crippen LogP contribution in [0.1, 0.15) is 0 Å². The summed E-state index contributed by atoms with van der Waals surface area (Å²) in [5.74, 6) is 0. The molecule has 66 valence electrons. The predicted molar refractivity (Wildman–Crippen MR) is 49.8 cm³/mol. The quantitative estimate of drug-likeness (QED) is 0.498. The third-order valence-corrected chi connectivity index (χ3v) is 3.89. The Morgan fingerprint density at radius 3 is 2.08 bits per heavy atom. The minimum absolute atomic E-state index is 0. The Labute approximate surface area is 105 Å². The molecule has 0 aliphatic heterocycles. The van der Waals surface area contributed by atoms with Gasteiger partial charge in [-0.05, 0) is 50.1 Å². The summed E-state index contributed by atoms with van der Waals surface area (Å²) in [7, 11) is -4.34. The van der Waals surface area contributed by atoms with Gasteiger partial charge in [0.05, 0.1) is 4.90 Å². The zero-order valence-corrected chi connectivity index (χ0v) is 10.6. The van der Waals surface area contributed by atoms with Crippen molar-refractivity contribution in [1.82, 2.24) is 0 Å². The van der Waals surface area contributed by atoms with Gasteiger partial charge < -0.3 is 4.55 Å². The van der Waals surface area contributed by atoms with Crippen LogP contribution in [0.25, 0.3) is 0 Å². The van der Waals surface area contributed by atoms with E-state index in [0.717, 1.165) is 0 Å². The summed E-state index contributed by atoms with van der Waals surface area (Å²) in [5, 5.41) is 0. The minimum Gasteiger partial charge on any atom is -0.744 e. The molecule has 7 heteroatoms. The van der Waals surface area contributed by atoms with Crippen LogP contribution >= 0.6 is 31.9 Å². The number of halogens is 2. The van der Waals surface area contributed by atoms with E-state index in [1.807, 2.05) is 0 Å². The molecule has 0 saturated carbocycles. The Morgan fingerprint density at radius 2 is 1.69 bits per heavy atom. The molecule has 1 rings (SSSR count). The van der Waals surface area contributed by atoms with E-state index in [0.29, 0.717) is 8.95 Å². The van der Waals surface area contributed by atoms with Gasteiger partial charge in [0.1, 0.15) is 10.1 Å². The van der Waals surface area contributed by atoms with Crippen molar-refractivity contribution < 1.29 is 31.8 Å². The molecule has 1 aromatic carbocycles. The molecule has 13 heavy (non-hydrogen) atoms. The molecule has 0 N–H and O–H groups in total. The van der Waals surface area contributed by atoms with Crippen LogP contribution < -0.4 is 18.9 Å². The second-order valence-corrected chi connectivity index (χ2v) is 5.12. The monoisotopic (exact) mass is 320 g/mol. The van der Waals surface area contributed by atoms with E-state index < -0.39 is 10.1 Å². The molecule has 0 bridgehead atoms. The van der Waals surface area contributed by atoms with Gasteiger partial charge in [0.15, 0.2) is 0 Å². The van der Waals surface area contributed by atoms with E-state index in [1.165, 1.54) is 18.2 Å². The summed E-state index contributed by atoms with van der Waals surface area (Å²) in [6.45, 7) is 0. The van der Waals surface area contributed by atoms with Gasteiger partial charge in [-0.25, -0.2) is 8.42 Å². The number of hydrogen-bond acceptors (Lipinski definition) is 3. The molecule has 3 nitrogen and oxygen atoms in total. The first-order valence-corrected chi connectivity index (χ1v) is 5.81. The maximum absolute atomic E-state index is 10.5. The maximum Gasteiger partial charge on any atom is 1.00 e. The number of rotatable bonds is 1. The maximum atomic E-state index is 10.5. The molecule has 0 spiro atoms. The van der Waals surface area contributed by atoms with Crippen molar-refractivity contribution in [3.8, 4) is 0 Å². The van der Waals surface area contributed by atoms with Crippen LogP contribution in [0.5, 0.6) is 0 Å². The Kier molecular flexibility index (Phi) is 5.23. The van der Waals surface area contributed by atoms with Crippen LogP contribution in [0, 0.1) is 0 Å². The van der Waals surface area contributed by atoms with Gasteiger partial charge in [0.25, 0.3) is 0 Å². The van der Waals surface area contributed by atoms with Crippen LogP contribution in [0.15, 0.2) is 32.0 Å². The molecule has 0 fully saturated rings. The molecular weight excluding hydrogens is 319 g/mol. The molecule has 0 heterocycles. The van der Waals surface area contributed by atoms with Crippen LogP contribution in [-0.4, -0.2) is 13.0 Å². The molecule has 0 radical (unpaired) electrons. The molecule has 0 aliphatic carbocycles. The fourth-order valence-corrected chi connectivity index (χ4v) is 1.91. The standard InChI is InChI=1S/C6H4Br2O3S.Li/c7-5-2-1-4(3-6(5)8)12(9,10)11;/h1-3H,(H,9,10,11);/q;+1/p-1. The van der Waals surface area contributed by atoms with E-state index in [9.17, 15) is 13.0 Å². The van der Waals surface area contributed by atoms with Gasteiger partial charge in [0, 0.05) is 8.95 Å². The molecule has 0 unspecified atom stereocenters. The Balaban J connectivity index is 0.00000144. The first kappa shape index (κ1) is 13.7. The van der Waals surface area contributed by atoms with Crippen LogP contribution in [-0.2, 0) is 10.1 Å². The number of benzene rings is 1. The van der Waals surface area contributed by atoms with Crippen molar-refractivity contribution in [3.63, 3.8) is 0 Å². The first-order valence-electron chi connectivity index (χ1n) is 2.82. The van der Waals surface area contributed by atoms with Gasteiger partial charge >= 0.3 is 18.9 Å². The van der Waals surface area contributed by atoms with E-state index in [1.54, 1.807) is 0 Å². The SMILES string of the molecule is O=S(=O)([O-])c1ccc(Br)c(Br)c1.[Li+]. The third kappa shape index (κ3) is 3.74. The summed E-state index contributed by atoms with van der Waals surface area (Å²) < 4.78 is 32.8. The van der Waals surface area contributed by atoms with E-state index in [2.05, 4.69) is 31.9 Å². The summed E-state index contributed by atoms with van der Waals surface area (Å²) in [6.07, 6.45) is 0. The van der Waals surface area contributed by atoms with Crippen molar-refractivity contribution >= 4 is 42.0 Å². The van der Waals surface area contributed by atoms with Crippen molar-refractivity contribution in [3.05, 3.63) is 27.1 Å². The second kappa shape index (κ2) is 4.96. The molecular formula is C6H3Br2LiO3S. The topological polar surface area (TPSA) is 57.2 Å². The third-order valence-electron chi connectivity index (χ3n) is 1.18. The Morgan fingerprint density at radius 1 is 1.15 bits per heavy atom. The smallest absolute Gasteiger partial charge is 0.744 e. The predicted octanol–water partition coefficient (Wildman–Crippen LogP) is -0.880. The first-order chi connectivity index (χ1) is 5.41. The molecule has 0 amide bonds. The van der Waals surface area contributed by atoms with Crippen molar-refractivity contribution in [2.24, 2.45) is 0 Å².